The summed E-state index contributed by atoms with van der Waals surface area (Å²) in [5, 5.41) is 5.31. The van der Waals surface area contributed by atoms with E-state index in [1.807, 2.05) is 81.4 Å². The van der Waals surface area contributed by atoms with Gasteiger partial charge in [0.15, 0.2) is 5.58 Å². The number of aromatic nitrogens is 2. The van der Waals surface area contributed by atoms with Crippen LogP contribution in [0.3, 0.4) is 0 Å². The first kappa shape index (κ1) is 22.0. The molecule has 0 unspecified atom stereocenters. The molecule has 0 saturated carbocycles. The quantitative estimate of drug-likeness (QED) is 0.331. The zero-order valence-corrected chi connectivity index (χ0v) is 20.0. The Bertz CT molecular complexity index is 1190. The summed E-state index contributed by atoms with van der Waals surface area (Å²) in [7, 11) is 0. The van der Waals surface area contributed by atoms with E-state index >= 15 is 0 Å². The Kier molecular flexibility index (Phi) is 6.48. The SMILES string of the molecule is CC(C)(C)[S@+]([O-])N[C@@H](Cc1ncccc1Br)c1ccccc1-c1noc2ccccc12. The molecule has 1 N–H and O–H groups in total. The van der Waals surface area contributed by atoms with Crippen LogP contribution < -0.4 is 4.72 Å². The Labute approximate surface area is 193 Å². The van der Waals surface area contributed by atoms with E-state index in [1.165, 1.54) is 0 Å². The fourth-order valence-electron chi connectivity index (χ4n) is 3.38. The van der Waals surface area contributed by atoms with Gasteiger partial charge in [-0.3, -0.25) is 4.98 Å². The van der Waals surface area contributed by atoms with Gasteiger partial charge in [0.05, 0.1) is 11.7 Å². The average molecular weight is 498 g/mol. The molecule has 0 bridgehead atoms. The van der Waals surface area contributed by atoms with Crippen molar-refractivity contribution in [1.82, 2.24) is 14.9 Å². The molecule has 2 atom stereocenters. The molecule has 2 aromatic heterocycles. The van der Waals surface area contributed by atoms with Gasteiger partial charge in [0.1, 0.15) is 10.4 Å². The number of fused-ring (bicyclic) bond motifs is 1. The van der Waals surface area contributed by atoms with Gasteiger partial charge in [-0.25, -0.2) is 0 Å². The number of halogens is 1. The third-order valence-corrected chi connectivity index (χ3v) is 7.34. The number of benzene rings is 2. The fraction of sp³-hybridized carbons (Fsp3) is 0.250. The highest BCUT2D eigenvalue weighted by atomic mass is 79.9. The van der Waals surface area contributed by atoms with Crippen LogP contribution in [-0.4, -0.2) is 19.4 Å². The molecule has 4 aromatic rings. The van der Waals surface area contributed by atoms with E-state index in [0.717, 1.165) is 38.0 Å². The van der Waals surface area contributed by atoms with Crippen LogP contribution in [0.15, 0.2) is 75.9 Å². The summed E-state index contributed by atoms with van der Waals surface area (Å²) >= 11 is 2.33. The van der Waals surface area contributed by atoms with Crippen LogP contribution in [0.5, 0.6) is 0 Å². The molecule has 2 heterocycles. The van der Waals surface area contributed by atoms with Crippen molar-refractivity contribution in [2.75, 3.05) is 0 Å². The molecule has 2 aromatic carbocycles. The highest BCUT2D eigenvalue weighted by Gasteiger charge is 2.32. The van der Waals surface area contributed by atoms with E-state index in [-0.39, 0.29) is 6.04 Å². The molecule has 0 aliphatic rings. The van der Waals surface area contributed by atoms with Crippen LogP contribution in [0.2, 0.25) is 0 Å². The van der Waals surface area contributed by atoms with Crippen molar-refractivity contribution >= 4 is 38.3 Å². The van der Waals surface area contributed by atoms with Crippen molar-refractivity contribution in [3.8, 4) is 11.3 Å². The predicted octanol–water partition coefficient (Wildman–Crippen LogP) is 5.99. The van der Waals surface area contributed by atoms with Crippen LogP contribution >= 0.6 is 15.9 Å². The third kappa shape index (κ3) is 4.85. The number of rotatable bonds is 6. The molecular formula is C24H24BrN3O2S. The van der Waals surface area contributed by atoms with Crippen molar-refractivity contribution in [3.63, 3.8) is 0 Å². The maximum Gasteiger partial charge on any atom is 0.167 e. The second-order valence-electron chi connectivity index (χ2n) is 8.30. The molecule has 7 heteroatoms. The Morgan fingerprint density at radius 2 is 1.81 bits per heavy atom. The average Bonchev–Trinajstić information content (AvgIpc) is 3.18. The summed E-state index contributed by atoms with van der Waals surface area (Å²) in [6.07, 6.45) is 2.34. The smallest absolute Gasteiger partial charge is 0.167 e. The lowest BCUT2D eigenvalue weighted by Crippen LogP contribution is -2.42. The Hall–Kier alpha value is -2.19. The van der Waals surface area contributed by atoms with Crippen molar-refractivity contribution in [3.05, 3.63) is 82.6 Å². The van der Waals surface area contributed by atoms with Crippen LogP contribution in [0.1, 0.15) is 38.1 Å². The summed E-state index contributed by atoms with van der Waals surface area (Å²) in [6, 6.07) is 19.5. The maximum absolute atomic E-state index is 13.1. The summed E-state index contributed by atoms with van der Waals surface area (Å²) in [6.45, 7) is 5.88. The molecule has 0 spiro atoms. The summed E-state index contributed by atoms with van der Waals surface area (Å²) < 4.78 is 22.5. The summed E-state index contributed by atoms with van der Waals surface area (Å²) in [4.78, 5) is 4.54. The molecule has 0 fully saturated rings. The third-order valence-electron chi connectivity index (χ3n) is 5.01. The van der Waals surface area contributed by atoms with Crippen LogP contribution in [0.25, 0.3) is 22.2 Å². The topological polar surface area (TPSA) is 74.0 Å². The number of nitrogens with zero attached hydrogens (tertiary/aromatic N) is 2. The van der Waals surface area contributed by atoms with E-state index in [2.05, 4.69) is 30.8 Å². The fourth-order valence-corrected chi connectivity index (χ4v) is 4.62. The molecule has 4 rings (SSSR count). The molecule has 0 saturated heterocycles. The normalized spacial score (nSPS) is 14.0. The molecule has 0 aliphatic heterocycles. The van der Waals surface area contributed by atoms with Crippen molar-refractivity contribution in [2.45, 2.75) is 38.0 Å². The molecule has 160 valence electrons. The van der Waals surface area contributed by atoms with E-state index in [9.17, 15) is 4.55 Å². The van der Waals surface area contributed by atoms with Crippen molar-refractivity contribution in [2.24, 2.45) is 0 Å². The number of nitrogens with one attached hydrogen (secondary N) is 1. The largest absolute Gasteiger partial charge is 0.598 e. The summed E-state index contributed by atoms with van der Waals surface area (Å²) in [5.41, 5.74) is 4.35. The minimum atomic E-state index is -1.27. The van der Waals surface area contributed by atoms with Gasteiger partial charge in [-0.05, 0) is 66.5 Å². The molecule has 5 nitrogen and oxygen atoms in total. The zero-order chi connectivity index (χ0) is 22.0. The monoisotopic (exact) mass is 497 g/mol. The number of hydrogen-bond donors (Lipinski definition) is 1. The minimum absolute atomic E-state index is 0.238. The lowest BCUT2D eigenvalue weighted by Gasteiger charge is -2.29. The molecule has 31 heavy (non-hydrogen) atoms. The van der Waals surface area contributed by atoms with Gasteiger partial charge in [0.25, 0.3) is 0 Å². The highest BCUT2D eigenvalue weighted by Crippen LogP contribution is 2.35. The lowest BCUT2D eigenvalue weighted by molar-refractivity contribution is 0.459. The van der Waals surface area contributed by atoms with E-state index < -0.39 is 16.1 Å². The lowest BCUT2D eigenvalue weighted by atomic mass is 9.94. The molecule has 0 aliphatic carbocycles. The van der Waals surface area contributed by atoms with Crippen LogP contribution in [0, 0.1) is 0 Å². The van der Waals surface area contributed by atoms with Gasteiger partial charge in [0.2, 0.25) is 0 Å². The molecular weight excluding hydrogens is 474 g/mol. The van der Waals surface area contributed by atoms with Crippen LogP contribution in [0.4, 0.5) is 0 Å². The second-order valence-corrected chi connectivity index (χ2v) is 11.2. The van der Waals surface area contributed by atoms with E-state index in [4.69, 9.17) is 4.52 Å². The molecule has 0 radical (unpaired) electrons. The molecule has 0 amide bonds. The first-order valence-corrected chi connectivity index (χ1v) is 12.0. The second kappa shape index (κ2) is 9.12. The van der Waals surface area contributed by atoms with Crippen LogP contribution in [-0.2, 0) is 17.8 Å². The number of pyridine rings is 1. The Morgan fingerprint density at radius 1 is 1.06 bits per heavy atom. The van der Waals surface area contributed by atoms with Gasteiger partial charge >= 0.3 is 0 Å². The van der Waals surface area contributed by atoms with Gasteiger partial charge in [-0.15, -0.1) is 4.72 Å². The highest BCUT2D eigenvalue weighted by molar-refractivity contribution is 9.10. The van der Waals surface area contributed by atoms with Gasteiger partial charge in [-0.2, -0.15) is 0 Å². The number of hydrogen-bond acceptors (Lipinski definition) is 5. The Morgan fingerprint density at radius 3 is 2.58 bits per heavy atom. The Balaban J connectivity index is 1.81. The van der Waals surface area contributed by atoms with Crippen molar-refractivity contribution < 1.29 is 9.08 Å². The first-order chi connectivity index (χ1) is 14.8. The zero-order valence-electron chi connectivity index (χ0n) is 17.6. The van der Waals surface area contributed by atoms with Gasteiger partial charge in [0, 0.05) is 39.4 Å². The predicted molar refractivity (Wildman–Crippen MR) is 129 cm³/mol. The van der Waals surface area contributed by atoms with E-state index in [1.54, 1.807) is 6.20 Å². The maximum atomic E-state index is 13.1. The van der Waals surface area contributed by atoms with Crippen molar-refractivity contribution in [1.29, 1.82) is 0 Å². The first-order valence-electron chi connectivity index (χ1n) is 10.1. The van der Waals surface area contributed by atoms with Gasteiger partial charge in [-0.1, -0.05) is 41.6 Å². The minimum Gasteiger partial charge on any atom is -0.598 e. The standard InChI is InChI=1S/C24H24BrN3O2S/c1-24(2,3)31(29)28-20(15-21-19(25)12-8-14-26-21)16-9-4-5-10-17(16)23-18-11-6-7-13-22(18)30-27-23/h4-14,20,28H,15H2,1-3H3/t20-,31-/m0/s1. The van der Waals surface area contributed by atoms with Gasteiger partial charge < -0.3 is 9.08 Å². The number of para-hydroxylation sites is 1. The summed E-state index contributed by atoms with van der Waals surface area (Å²) in [5.74, 6) is 0. The van der Waals surface area contributed by atoms with E-state index in [0.29, 0.717) is 6.42 Å².